The molecular formula is C22H23N3O4. The number of hydrogen-bond acceptors (Lipinski definition) is 4. The second-order valence-electron chi connectivity index (χ2n) is 7.48. The third-order valence-corrected chi connectivity index (χ3v) is 5.77. The van der Waals surface area contributed by atoms with Gasteiger partial charge >= 0.3 is 11.7 Å². The number of H-pyrrole nitrogens is 1. The minimum Gasteiger partial charge on any atom is -0.481 e. The minimum absolute atomic E-state index is 0.0308. The van der Waals surface area contributed by atoms with Crippen LogP contribution >= 0.6 is 0 Å². The highest BCUT2D eigenvalue weighted by atomic mass is 16.4. The number of aromatic nitrogens is 2. The smallest absolute Gasteiger partial charge is 0.328 e. The van der Waals surface area contributed by atoms with Crippen molar-refractivity contribution in [2.24, 2.45) is 5.92 Å². The van der Waals surface area contributed by atoms with Gasteiger partial charge in [0.1, 0.15) is 0 Å². The van der Waals surface area contributed by atoms with Crippen molar-refractivity contribution in [3.05, 3.63) is 81.0 Å². The summed E-state index contributed by atoms with van der Waals surface area (Å²) >= 11 is 0. The van der Waals surface area contributed by atoms with Gasteiger partial charge in [-0.3, -0.25) is 14.2 Å². The van der Waals surface area contributed by atoms with Crippen molar-refractivity contribution in [1.29, 1.82) is 0 Å². The summed E-state index contributed by atoms with van der Waals surface area (Å²) in [6.45, 7) is 1.80. The molecule has 1 aliphatic heterocycles. The average Bonchev–Trinajstić information content (AvgIpc) is 2.74. The average molecular weight is 393 g/mol. The molecule has 2 N–H and O–H groups in total. The molecule has 1 aromatic heterocycles. The van der Waals surface area contributed by atoms with E-state index in [9.17, 15) is 19.5 Å². The Morgan fingerprint density at radius 3 is 2.52 bits per heavy atom. The van der Waals surface area contributed by atoms with Crippen molar-refractivity contribution in [3.63, 3.8) is 0 Å². The van der Waals surface area contributed by atoms with Crippen LogP contribution in [-0.2, 0) is 11.3 Å². The molecule has 150 valence electrons. The molecule has 0 bridgehead atoms. The maximum atomic E-state index is 12.7. The van der Waals surface area contributed by atoms with E-state index >= 15 is 0 Å². The summed E-state index contributed by atoms with van der Waals surface area (Å²) in [5.74, 6) is -1.36. The van der Waals surface area contributed by atoms with Gasteiger partial charge in [-0.2, -0.15) is 0 Å². The molecule has 3 aromatic rings. The van der Waals surface area contributed by atoms with E-state index in [2.05, 4.69) is 4.98 Å². The lowest BCUT2D eigenvalue weighted by atomic mass is 9.80. The van der Waals surface area contributed by atoms with E-state index in [0.717, 1.165) is 18.5 Å². The van der Waals surface area contributed by atoms with Crippen LogP contribution in [0, 0.1) is 5.92 Å². The number of likely N-dealkylation sites (tertiary alicyclic amines) is 1. The summed E-state index contributed by atoms with van der Waals surface area (Å²) in [5, 5.41) is 10.2. The summed E-state index contributed by atoms with van der Waals surface area (Å²) in [7, 11) is 0. The normalized spacial score (nSPS) is 20.0. The Kier molecular flexibility index (Phi) is 5.31. The van der Waals surface area contributed by atoms with Crippen LogP contribution in [0.15, 0.2) is 64.2 Å². The Hall–Kier alpha value is -3.19. The van der Waals surface area contributed by atoms with Gasteiger partial charge in [0.15, 0.2) is 0 Å². The Morgan fingerprint density at radius 1 is 1.03 bits per heavy atom. The highest BCUT2D eigenvalue weighted by Gasteiger charge is 2.35. The molecular weight excluding hydrogens is 370 g/mol. The largest absolute Gasteiger partial charge is 0.481 e. The van der Waals surface area contributed by atoms with Crippen LogP contribution in [0.4, 0.5) is 0 Å². The number of hydrogen-bond donors (Lipinski definition) is 2. The molecule has 0 saturated carbocycles. The highest BCUT2D eigenvalue weighted by molar-refractivity contribution is 5.76. The van der Waals surface area contributed by atoms with Gasteiger partial charge in [-0.15, -0.1) is 0 Å². The number of carboxylic acids is 1. The van der Waals surface area contributed by atoms with Crippen molar-refractivity contribution in [1.82, 2.24) is 14.5 Å². The quantitative estimate of drug-likeness (QED) is 0.690. The van der Waals surface area contributed by atoms with Crippen LogP contribution < -0.4 is 11.2 Å². The van der Waals surface area contributed by atoms with Crippen molar-refractivity contribution >= 4 is 16.9 Å². The molecule has 1 fully saturated rings. The summed E-state index contributed by atoms with van der Waals surface area (Å²) < 4.78 is 1.20. The number of piperidine rings is 1. The van der Waals surface area contributed by atoms with E-state index in [1.54, 1.807) is 24.3 Å². The summed E-state index contributed by atoms with van der Waals surface area (Å²) in [6.07, 6.45) is 0.726. The Labute approximate surface area is 167 Å². The van der Waals surface area contributed by atoms with Crippen LogP contribution in [0.1, 0.15) is 17.9 Å². The van der Waals surface area contributed by atoms with Crippen molar-refractivity contribution in [2.45, 2.75) is 18.9 Å². The summed E-state index contributed by atoms with van der Waals surface area (Å²) in [6, 6.07) is 16.7. The van der Waals surface area contributed by atoms with Crippen LogP contribution in [0.25, 0.3) is 10.9 Å². The van der Waals surface area contributed by atoms with Crippen LogP contribution in [0.3, 0.4) is 0 Å². The van der Waals surface area contributed by atoms with Gasteiger partial charge in [0.05, 0.1) is 16.8 Å². The fraction of sp³-hybridized carbons (Fsp3) is 0.318. The van der Waals surface area contributed by atoms with E-state index in [0.29, 0.717) is 24.0 Å². The van der Waals surface area contributed by atoms with Gasteiger partial charge in [-0.25, -0.2) is 4.79 Å². The predicted octanol–water partition coefficient (Wildman–Crippen LogP) is 1.88. The van der Waals surface area contributed by atoms with Gasteiger partial charge in [0.25, 0.3) is 5.56 Å². The van der Waals surface area contributed by atoms with E-state index in [1.807, 2.05) is 35.2 Å². The van der Waals surface area contributed by atoms with E-state index in [-0.39, 0.29) is 18.0 Å². The second-order valence-corrected chi connectivity index (χ2v) is 7.48. The third-order valence-electron chi connectivity index (χ3n) is 5.77. The molecule has 0 amide bonds. The first-order valence-corrected chi connectivity index (χ1v) is 9.76. The number of aliphatic carboxylic acids is 1. The molecule has 2 aromatic carbocycles. The number of carboxylic acid groups (broad SMARTS) is 1. The molecule has 1 saturated heterocycles. The molecule has 4 rings (SSSR count). The Balaban J connectivity index is 1.50. The topological polar surface area (TPSA) is 95.4 Å². The van der Waals surface area contributed by atoms with Gasteiger partial charge in [0, 0.05) is 19.6 Å². The first-order chi connectivity index (χ1) is 14.0. The Bertz CT molecular complexity index is 1140. The number of aromatic amines is 1. The standard InChI is InChI=1S/C22H23N3O4/c26-20-17-8-4-5-9-19(17)23-22(29)25(20)13-12-24-11-10-16(18(14-24)21(27)28)15-6-2-1-3-7-15/h1-9,16,18H,10-14H2,(H,23,29)(H,27,28). The molecule has 0 aliphatic carbocycles. The second kappa shape index (κ2) is 8.05. The van der Waals surface area contributed by atoms with E-state index in [1.165, 1.54) is 4.57 Å². The number of para-hydroxylation sites is 1. The lowest BCUT2D eigenvalue weighted by molar-refractivity contribution is -0.144. The number of carbonyl (C=O) groups is 1. The van der Waals surface area contributed by atoms with Gasteiger partial charge in [-0.05, 0) is 36.6 Å². The zero-order valence-electron chi connectivity index (χ0n) is 16.0. The fourth-order valence-corrected chi connectivity index (χ4v) is 4.22. The number of rotatable bonds is 5. The number of benzene rings is 2. The van der Waals surface area contributed by atoms with Crippen molar-refractivity contribution in [3.8, 4) is 0 Å². The summed E-state index contributed by atoms with van der Waals surface area (Å²) in [5.41, 5.74) is 0.802. The number of fused-ring (bicyclic) bond motifs is 1. The van der Waals surface area contributed by atoms with Crippen LogP contribution in [0.5, 0.6) is 0 Å². The molecule has 0 spiro atoms. The first kappa shape index (κ1) is 19.1. The zero-order chi connectivity index (χ0) is 20.4. The lowest BCUT2D eigenvalue weighted by Crippen LogP contribution is -2.46. The predicted molar refractivity (Wildman–Crippen MR) is 110 cm³/mol. The maximum Gasteiger partial charge on any atom is 0.328 e. The molecule has 0 radical (unpaired) electrons. The fourth-order valence-electron chi connectivity index (χ4n) is 4.22. The van der Waals surface area contributed by atoms with Crippen LogP contribution in [-0.4, -0.2) is 45.2 Å². The van der Waals surface area contributed by atoms with Gasteiger partial charge in [-0.1, -0.05) is 42.5 Å². The van der Waals surface area contributed by atoms with Gasteiger partial charge < -0.3 is 15.0 Å². The molecule has 7 heteroatoms. The molecule has 29 heavy (non-hydrogen) atoms. The number of nitrogens with zero attached hydrogens (tertiary/aromatic N) is 2. The molecule has 2 atom stereocenters. The molecule has 2 heterocycles. The maximum absolute atomic E-state index is 12.7. The number of nitrogens with one attached hydrogen (secondary N) is 1. The van der Waals surface area contributed by atoms with Crippen molar-refractivity contribution < 1.29 is 9.90 Å². The first-order valence-electron chi connectivity index (χ1n) is 9.76. The molecule has 2 unspecified atom stereocenters. The van der Waals surface area contributed by atoms with Crippen molar-refractivity contribution in [2.75, 3.05) is 19.6 Å². The highest BCUT2D eigenvalue weighted by Crippen LogP contribution is 2.33. The minimum atomic E-state index is -0.815. The van der Waals surface area contributed by atoms with Gasteiger partial charge in [0.2, 0.25) is 0 Å². The monoisotopic (exact) mass is 393 g/mol. The SMILES string of the molecule is O=C(O)C1CN(CCn2c(=O)[nH]c3ccccc3c2=O)CCC1c1ccccc1. The third kappa shape index (κ3) is 3.86. The van der Waals surface area contributed by atoms with E-state index in [4.69, 9.17) is 0 Å². The molecule has 1 aliphatic rings. The lowest BCUT2D eigenvalue weighted by Gasteiger charge is -2.36. The Morgan fingerprint density at radius 2 is 1.76 bits per heavy atom. The van der Waals surface area contributed by atoms with Crippen LogP contribution in [0.2, 0.25) is 0 Å². The summed E-state index contributed by atoms with van der Waals surface area (Å²) in [4.78, 5) is 41.6. The van der Waals surface area contributed by atoms with E-state index < -0.39 is 17.6 Å². The zero-order valence-corrected chi connectivity index (χ0v) is 16.0. The molecule has 7 nitrogen and oxygen atoms in total.